The summed E-state index contributed by atoms with van der Waals surface area (Å²) in [5.41, 5.74) is 1.18. The van der Waals surface area contributed by atoms with Crippen molar-refractivity contribution in [3.63, 3.8) is 0 Å². The molecule has 0 atom stereocenters. The first-order chi connectivity index (χ1) is 9.22. The van der Waals surface area contributed by atoms with Crippen molar-refractivity contribution in [1.82, 2.24) is 14.8 Å². The summed E-state index contributed by atoms with van der Waals surface area (Å²) >= 11 is 12.7. The maximum atomic E-state index is 5.93. The lowest BCUT2D eigenvalue weighted by atomic mass is 10.2. The van der Waals surface area contributed by atoms with Gasteiger partial charge >= 0.3 is 0 Å². The fraction of sp³-hybridized carbons (Fsp3) is 0.0769. The maximum Gasteiger partial charge on any atom is 0.216 e. The van der Waals surface area contributed by atoms with Crippen LogP contribution in [0.5, 0.6) is 0 Å². The number of benzene rings is 1. The molecule has 0 fully saturated rings. The van der Waals surface area contributed by atoms with E-state index in [-0.39, 0.29) is 0 Å². The minimum atomic E-state index is 0.545. The second-order valence-corrected chi connectivity index (χ2v) is 6.11. The summed E-state index contributed by atoms with van der Waals surface area (Å²) in [6.45, 7) is 0.686. The number of rotatable bonds is 3. The summed E-state index contributed by atoms with van der Waals surface area (Å²) in [5.74, 6) is 0.762. The Labute approximate surface area is 124 Å². The molecule has 6 heteroatoms. The molecule has 1 N–H and O–H groups in total. The van der Waals surface area contributed by atoms with E-state index in [0.717, 1.165) is 15.0 Å². The van der Waals surface area contributed by atoms with Crippen LogP contribution in [-0.2, 0) is 6.54 Å². The molecule has 0 aliphatic carbocycles. The number of nitrogens with one attached hydrogen (secondary N) is 1. The molecular weight excluding hydrogens is 298 g/mol. The molecule has 0 bridgehead atoms. The zero-order valence-corrected chi connectivity index (χ0v) is 12.2. The number of hydrogen-bond acceptors (Lipinski definition) is 3. The second kappa shape index (κ2) is 5.28. The minimum Gasteiger partial charge on any atom is -0.278 e. The molecule has 19 heavy (non-hydrogen) atoms. The van der Waals surface area contributed by atoms with Crippen molar-refractivity contribution in [2.45, 2.75) is 6.54 Å². The summed E-state index contributed by atoms with van der Waals surface area (Å²) in [5, 5.41) is 3.21. The Balaban J connectivity index is 1.92. The Hall–Kier alpha value is -1.43. The molecule has 1 aromatic carbocycles. The van der Waals surface area contributed by atoms with Crippen molar-refractivity contribution in [3.8, 4) is 10.7 Å². The second-order valence-electron chi connectivity index (χ2n) is 4.03. The molecule has 0 saturated carbocycles. The highest BCUT2D eigenvalue weighted by Crippen LogP contribution is 2.28. The largest absolute Gasteiger partial charge is 0.278 e. The van der Waals surface area contributed by atoms with Crippen molar-refractivity contribution in [1.29, 1.82) is 0 Å². The summed E-state index contributed by atoms with van der Waals surface area (Å²) in [6.07, 6.45) is 0. The molecule has 3 nitrogen and oxygen atoms in total. The first kappa shape index (κ1) is 12.6. The number of H-pyrrole nitrogens is 1. The number of aromatic amines is 1. The van der Waals surface area contributed by atoms with Crippen LogP contribution < -0.4 is 0 Å². The van der Waals surface area contributed by atoms with Crippen LogP contribution in [0.2, 0.25) is 4.34 Å². The van der Waals surface area contributed by atoms with Crippen LogP contribution in [0, 0.1) is 4.77 Å². The van der Waals surface area contributed by atoms with Gasteiger partial charge in [0, 0.05) is 0 Å². The average Bonchev–Trinajstić information content (AvgIpc) is 2.98. The molecule has 2 heterocycles. The van der Waals surface area contributed by atoms with Crippen LogP contribution in [0.4, 0.5) is 0 Å². The topological polar surface area (TPSA) is 33.6 Å². The van der Waals surface area contributed by atoms with E-state index in [0.29, 0.717) is 11.3 Å². The standard InChI is InChI=1S/C13H10ClN3S2/c14-11-7-6-10(19-11)12-15-13(18)17(16-12)8-9-4-2-1-3-5-9/h1-7H,8H2,(H,15,16,18). The first-order valence-corrected chi connectivity index (χ1v) is 7.29. The first-order valence-electron chi connectivity index (χ1n) is 5.69. The molecule has 2 aromatic heterocycles. The Morgan fingerprint density at radius 2 is 2.00 bits per heavy atom. The van der Waals surface area contributed by atoms with Crippen LogP contribution in [0.15, 0.2) is 42.5 Å². The fourth-order valence-corrected chi connectivity index (χ4v) is 2.97. The molecule has 3 aromatic rings. The van der Waals surface area contributed by atoms with Gasteiger partial charge < -0.3 is 0 Å². The van der Waals surface area contributed by atoms with E-state index < -0.39 is 0 Å². The SMILES string of the molecule is S=c1nc(-c2ccc(Cl)s2)[nH]n1Cc1ccccc1. The molecule has 0 amide bonds. The van der Waals surface area contributed by atoms with Gasteiger partial charge in [-0.1, -0.05) is 41.9 Å². The number of aromatic nitrogens is 3. The van der Waals surface area contributed by atoms with Crippen molar-refractivity contribution < 1.29 is 0 Å². The minimum absolute atomic E-state index is 0.545. The van der Waals surface area contributed by atoms with Crippen molar-refractivity contribution >= 4 is 35.2 Å². The number of halogens is 1. The van der Waals surface area contributed by atoms with Crippen molar-refractivity contribution in [2.75, 3.05) is 0 Å². The third-order valence-corrected chi connectivity index (χ3v) is 4.22. The third kappa shape index (κ3) is 2.78. The van der Waals surface area contributed by atoms with Crippen molar-refractivity contribution in [3.05, 3.63) is 57.1 Å². The van der Waals surface area contributed by atoms with E-state index in [1.807, 2.05) is 35.0 Å². The van der Waals surface area contributed by atoms with Gasteiger partial charge in [-0.2, -0.15) is 4.98 Å². The van der Waals surface area contributed by atoms with E-state index in [1.165, 1.54) is 16.9 Å². The highest BCUT2D eigenvalue weighted by Gasteiger charge is 2.07. The Morgan fingerprint density at radius 3 is 2.68 bits per heavy atom. The molecule has 0 unspecified atom stereocenters. The monoisotopic (exact) mass is 307 g/mol. The highest BCUT2D eigenvalue weighted by atomic mass is 35.5. The molecular formula is C13H10ClN3S2. The van der Waals surface area contributed by atoms with Gasteiger partial charge in [-0.25, -0.2) is 0 Å². The van der Waals surface area contributed by atoms with Gasteiger partial charge in [-0.05, 0) is 29.9 Å². The van der Waals surface area contributed by atoms with Gasteiger partial charge in [0.2, 0.25) is 4.77 Å². The van der Waals surface area contributed by atoms with Gasteiger partial charge in [0.05, 0.1) is 15.8 Å². The smallest absolute Gasteiger partial charge is 0.216 e. The molecule has 0 radical (unpaired) electrons. The van der Waals surface area contributed by atoms with E-state index >= 15 is 0 Å². The number of nitrogens with zero attached hydrogens (tertiary/aromatic N) is 2. The van der Waals surface area contributed by atoms with Crippen LogP contribution >= 0.6 is 35.2 Å². The maximum absolute atomic E-state index is 5.93. The van der Waals surface area contributed by atoms with E-state index in [1.54, 1.807) is 0 Å². The van der Waals surface area contributed by atoms with Gasteiger partial charge in [0.15, 0.2) is 5.82 Å². The molecule has 96 valence electrons. The van der Waals surface area contributed by atoms with E-state index in [2.05, 4.69) is 22.2 Å². The Morgan fingerprint density at radius 1 is 1.21 bits per heavy atom. The zero-order valence-electron chi connectivity index (χ0n) is 9.84. The van der Waals surface area contributed by atoms with Crippen LogP contribution in [0.3, 0.4) is 0 Å². The molecule has 0 spiro atoms. The summed E-state index contributed by atoms with van der Waals surface area (Å²) in [4.78, 5) is 5.35. The van der Waals surface area contributed by atoms with Gasteiger partial charge in [-0.15, -0.1) is 11.3 Å². The normalized spacial score (nSPS) is 10.8. The lowest BCUT2D eigenvalue weighted by Gasteiger charge is -2.01. The van der Waals surface area contributed by atoms with E-state index in [4.69, 9.17) is 23.8 Å². The summed E-state index contributed by atoms with van der Waals surface area (Å²) in [6, 6.07) is 13.9. The fourth-order valence-electron chi connectivity index (χ4n) is 1.78. The molecule has 0 aliphatic rings. The summed E-state index contributed by atoms with van der Waals surface area (Å²) < 4.78 is 3.14. The zero-order chi connectivity index (χ0) is 13.2. The van der Waals surface area contributed by atoms with Gasteiger partial charge in [0.1, 0.15) is 0 Å². The lowest BCUT2D eigenvalue weighted by molar-refractivity contribution is 0.677. The van der Waals surface area contributed by atoms with Crippen LogP contribution in [0.25, 0.3) is 10.7 Å². The van der Waals surface area contributed by atoms with Gasteiger partial charge in [-0.3, -0.25) is 9.78 Å². The van der Waals surface area contributed by atoms with Crippen LogP contribution in [0.1, 0.15) is 5.56 Å². The van der Waals surface area contributed by atoms with Gasteiger partial charge in [0.25, 0.3) is 0 Å². The Bertz CT molecular complexity index is 743. The third-order valence-electron chi connectivity index (χ3n) is 2.67. The Kier molecular flexibility index (Phi) is 3.50. The predicted molar refractivity (Wildman–Crippen MR) is 81.3 cm³/mol. The lowest BCUT2D eigenvalue weighted by Crippen LogP contribution is -2.01. The highest BCUT2D eigenvalue weighted by molar-refractivity contribution is 7.71. The van der Waals surface area contributed by atoms with E-state index in [9.17, 15) is 0 Å². The quantitative estimate of drug-likeness (QED) is 0.729. The molecule has 0 aliphatic heterocycles. The average molecular weight is 308 g/mol. The molecule has 0 saturated heterocycles. The van der Waals surface area contributed by atoms with Crippen LogP contribution in [-0.4, -0.2) is 14.8 Å². The van der Waals surface area contributed by atoms with Crippen molar-refractivity contribution in [2.24, 2.45) is 0 Å². The predicted octanol–water partition coefficient (Wildman–Crippen LogP) is 4.37. The molecule has 3 rings (SSSR count). The number of thiophene rings is 1. The number of hydrogen-bond donors (Lipinski definition) is 1. The summed E-state index contributed by atoms with van der Waals surface area (Å²) in [7, 11) is 0.